The van der Waals surface area contributed by atoms with Gasteiger partial charge in [0.1, 0.15) is 0 Å². The van der Waals surface area contributed by atoms with Gasteiger partial charge in [-0.05, 0) is 36.6 Å². The molecule has 226 valence electrons. The Labute approximate surface area is 242 Å². The number of carboxylic acids is 3. The number of amides is 2. The number of aliphatic carboxylic acids is 3. The number of unbranched alkanes of at least 4 members (excludes halogenated alkanes) is 1. The number of anilines is 1. The zero-order chi connectivity index (χ0) is 31.0. The molecule has 4 rings (SSSR count). The Morgan fingerprint density at radius 1 is 0.833 bits per heavy atom. The molecule has 0 saturated carbocycles. The van der Waals surface area contributed by atoms with E-state index in [0.717, 1.165) is 51.5 Å². The molecule has 3 aliphatic rings. The van der Waals surface area contributed by atoms with Gasteiger partial charge in [-0.3, -0.25) is 29.0 Å². The molecule has 2 atom stereocenters. The number of aliphatic hydroxyl groups is 1. The third kappa shape index (κ3) is 7.85. The van der Waals surface area contributed by atoms with Crippen molar-refractivity contribution in [1.82, 2.24) is 19.8 Å². The molecule has 2 saturated heterocycles. The maximum absolute atomic E-state index is 12.7. The van der Waals surface area contributed by atoms with Gasteiger partial charge in [-0.1, -0.05) is 25.3 Å². The van der Waals surface area contributed by atoms with Crippen LogP contribution in [0.15, 0.2) is 54.9 Å². The molecule has 0 spiro atoms. The summed E-state index contributed by atoms with van der Waals surface area (Å²) < 4.78 is 0. The lowest BCUT2D eigenvalue weighted by molar-refractivity contribution is -0.170. The van der Waals surface area contributed by atoms with Crippen LogP contribution in [0, 0.1) is 11.8 Å². The molecule has 2 unspecified atom stereocenters. The summed E-state index contributed by atoms with van der Waals surface area (Å²) >= 11 is 0. The van der Waals surface area contributed by atoms with Crippen LogP contribution in [-0.4, -0.2) is 115 Å². The number of imide groups is 1. The zero-order valence-electron chi connectivity index (χ0n) is 23.1. The van der Waals surface area contributed by atoms with Gasteiger partial charge in [-0.2, -0.15) is 0 Å². The molecule has 0 bridgehead atoms. The van der Waals surface area contributed by atoms with E-state index in [2.05, 4.69) is 32.9 Å². The maximum Gasteiger partial charge on any atom is 0.336 e. The molecule has 2 aliphatic heterocycles. The number of nitrogens with zero attached hydrogens (tertiary/aromatic N) is 5. The van der Waals surface area contributed by atoms with E-state index in [1.165, 1.54) is 4.90 Å². The number of piperazine rings is 1. The molecule has 4 N–H and O–H groups in total. The van der Waals surface area contributed by atoms with Crippen LogP contribution in [0.5, 0.6) is 0 Å². The minimum atomic E-state index is -2.74. The van der Waals surface area contributed by atoms with Crippen molar-refractivity contribution in [2.75, 3.05) is 44.2 Å². The van der Waals surface area contributed by atoms with E-state index in [4.69, 9.17) is 20.4 Å². The summed E-state index contributed by atoms with van der Waals surface area (Å²) in [5.41, 5.74) is -1.32. The monoisotopic (exact) mass is 585 g/mol. The van der Waals surface area contributed by atoms with Gasteiger partial charge in [-0.25, -0.2) is 14.8 Å². The fraction of sp³-hybridized carbons (Fsp3) is 0.464. The summed E-state index contributed by atoms with van der Waals surface area (Å²) in [6, 6.07) is 1.83. The fourth-order valence-electron chi connectivity index (χ4n) is 5.06. The highest BCUT2D eigenvalue weighted by Crippen LogP contribution is 2.39. The molecular weight excluding hydrogens is 550 g/mol. The van der Waals surface area contributed by atoms with Crippen LogP contribution in [-0.2, 0) is 24.0 Å². The van der Waals surface area contributed by atoms with Crippen molar-refractivity contribution in [3.63, 3.8) is 0 Å². The number of carbonyl (C=O) groups is 5. The summed E-state index contributed by atoms with van der Waals surface area (Å²) in [5.74, 6) is -5.37. The fourth-order valence-corrected chi connectivity index (χ4v) is 5.06. The van der Waals surface area contributed by atoms with Gasteiger partial charge in [-0.15, -0.1) is 0 Å². The number of hydrogen-bond donors (Lipinski definition) is 4. The lowest BCUT2D eigenvalue weighted by atomic mass is 9.79. The van der Waals surface area contributed by atoms with Crippen molar-refractivity contribution in [3.05, 3.63) is 54.9 Å². The standard InChI is InChI=1S/C22H27N5O2.C6H8O7/c1-16-6-7-17(2)19-18(16)20(28)27(21(19)29)11-4-3-10-25-12-14-26(15-13-25)22-23-8-5-9-24-22;7-3(8)1-6(13,5(11)12)2-4(9)10/h5-9,18-19H,1-4,10-15H2;13H,1-2H2,(H,7,8)(H,9,10)(H,11,12). The lowest BCUT2D eigenvalue weighted by Crippen LogP contribution is -2.47. The number of aromatic nitrogens is 2. The van der Waals surface area contributed by atoms with Gasteiger partial charge in [0.15, 0.2) is 5.60 Å². The number of fused-ring (bicyclic) bond motifs is 1. The number of carboxylic acid groups (broad SMARTS) is 3. The van der Waals surface area contributed by atoms with Crippen molar-refractivity contribution in [2.45, 2.75) is 31.3 Å². The summed E-state index contributed by atoms with van der Waals surface area (Å²) in [5, 5.41) is 33.8. The highest BCUT2D eigenvalue weighted by molar-refractivity contribution is 6.08. The normalized spacial score (nSPS) is 20.7. The first-order valence-electron chi connectivity index (χ1n) is 13.4. The molecule has 2 amide bonds. The zero-order valence-corrected chi connectivity index (χ0v) is 23.1. The minimum Gasteiger partial charge on any atom is -0.481 e. The van der Waals surface area contributed by atoms with Crippen molar-refractivity contribution in [2.24, 2.45) is 11.8 Å². The van der Waals surface area contributed by atoms with Crippen LogP contribution < -0.4 is 4.90 Å². The Morgan fingerprint density at radius 3 is 1.76 bits per heavy atom. The first-order chi connectivity index (χ1) is 19.8. The average Bonchev–Trinajstić information content (AvgIpc) is 3.19. The smallest absolute Gasteiger partial charge is 0.336 e. The van der Waals surface area contributed by atoms with E-state index in [0.29, 0.717) is 17.7 Å². The molecule has 1 aliphatic carbocycles. The summed E-state index contributed by atoms with van der Waals surface area (Å²) in [7, 11) is 0. The highest BCUT2D eigenvalue weighted by atomic mass is 16.4. The van der Waals surface area contributed by atoms with Crippen LogP contribution in [0.1, 0.15) is 25.7 Å². The highest BCUT2D eigenvalue weighted by Gasteiger charge is 2.49. The number of likely N-dealkylation sites (tertiary alicyclic amines) is 1. The van der Waals surface area contributed by atoms with E-state index >= 15 is 0 Å². The SMILES string of the molecule is C=C1C=CC(=C)C2C(=O)N(CCCCN3CCN(c4ncccn4)CC3)C(=O)C12.O=C(O)CC(O)(CC(=O)O)C(=O)O. The Balaban J connectivity index is 0.000000316. The number of rotatable bonds is 11. The van der Waals surface area contributed by atoms with Crippen molar-refractivity contribution >= 4 is 35.7 Å². The molecule has 2 fully saturated rings. The van der Waals surface area contributed by atoms with E-state index in [9.17, 15) is 24.0 Å². The number of hydrogen-bond acceptors (Lipinski definition) is 10. The Morgan fingerprint density at radius 2 is 1.31 bits per heavy atom. The van der Waals surface area contributed by atoms with E-state index in [1.54, 1.807) is 24.5 Å². The van der Waals surface area contributed by atoms with Crippen LogP contribution in [0.4, 0.5) is 5.95 Å². The second-order valence-electron chi connectivity index (χ2n) is 10.3. The molecule has 1 aromatic rings. The summed E-state index contributed by atoms with van der Waals surface area (Å²) in [4.78, 5) is 70.6. The molecule has 14 nitrogen and oxygen atoms in total. The van der Waals surface area contributed by atoms with Crippen molar-refractivity contribution < 1.29 is 44.4 Å². The predicted octanol–water partition coefficient (Wildman–Crippen LogP) is 0.414. The topological polar surface area (TPSA) is 202 Å². The third-order valence-electron chi connectivity index (χ3n) is 7.31. The minimum absolute atomic E-state index is 0.119. The molecule has 0 aromatic carbocycles. The maximum atomic E-state index is 12.7. The Kier molecular flexibility index (Phi) is 10.7. The molecule has 14 heteroatoms. The van der Waals surface area contributed by atoms with Gasteiger partial charge in [0, 0.05) is 45.1 Å². The average molecular weight is 586 g/mol. The molecule has 42 heavy (non-hydrogen) atoms. The quantitative estimate of drug-likeness (QED) is 0.206. The first-order valence-corrected chi connectivity index (χ1v) is 13.4. The van der Waals surface area contributed by atoms with Gasteiger partial charge in [0.05, 0.1) is 24.7 Å². The summed E-state index contributed by atoms with van der Waals surface area (Å²) in [6.07, 6.45) is 6.62. The molecule has 0 radical (unpaired) electrons. The van der Waals surface area contributed by atoms with Crippen LogP contribution >= 0.6 is 0 Å². The van der Waals surface area contributed by atoms with Gasteiger partial charge in [0.2, 0.25) is 17.8 Å². The summed E-state index contributed by atoms with van der Waals surface area (Å²) in [6.45, 7) is 13.1. The van der Waals surface area contributed by atoms with E-state index < -0.39 is 48.2 Å². The van der Waals surface area contributed by atoms with E-state index in [1.807, 2.05) is 6.07 Å². The van der Waals surface area contributed by atoms with Crippen LogP contribution in [0.2, 0.25) is 0 Å². The first kappa shape index (κ1) is 32.1. The second kappa shape index (κ2) is 14.0. The van der Waals surface area contributed by atoms with Gasteiger partial charge >= 0.3 is 17.9 Å². The van der Waals surface area contributed by atoms with Crippen LogP contribution in [0.3, 0.4) is 0 Å². The van der Waals surface area contributed by atoms with Gasteiger partial charge in [0.25, 0.3) is 0 Å². The second-order valence-corrected chi connectivity index (χ2v) is 10.3. The Hall–Kier alpha value is -4.43. The van der Waals surface area contributed by atoms with Crippen molar-refractivity contribution in [1.29, 1.82) is 0 Å². The van der Waals surface area contributed by atoms with E-state index in [-0.39, 0.29) is 11.8 Å². The molecule has 3 heterocycles. The molecular formula is C28H35N5O9. The third-order valence-corrected chi connectivity index (χ3v) is 7.31. The van der Waals surface area contributed by atoms with Crippen LogP contribution in [0.25, 0.3) is 0 Å². The Bertz CT molecular complexity index is 1210. The van der Waals surface area contributed by atoms with Gasteiger partial charge < -0.3 is 25.3 Å². The predicted molar refractivity (Wildman–Crippen MR) is 148 cm³/mol. The lowest BCUT2D eigenvalue weighted by Gasteiger charge is -2.34. The van der Waals surface area contributed by atoms with Crippen molar-refractivity contribution in [3.8, 4) is 0 Å². The molecule has 1 aromatic heterocycles. The number of carbonyl (C=O) groups excluding carboxylic acids is 2. The largest absolute Gasteiger partial charge is 0.481 e. The number of allylic oxidation sites excluding steroid dienone is 2.